The smallest absolute Gasteiger partial charge is 0.325 e. The van der Waals surface area contributed by atoms with Gasteiger partial charge in [0.1, 0.15) is 12.6 Å². The molecule has 0 aromatic heterocycles. The second-order valence-electron chi connectivity index (χ2n) is 5.73. The molecule has 0 bridgehead atoms. The van der Waals surface area contributed by atoms with Crippen LogP contribution in [0.2, 0.25) is 0 Å². The Hall–Kier alpha value is -2.80. The molecule has 2 aromatic carbocycles. The van der Waals surface area contributed by atoms with Crippen LogP contribution in [0.3, 0.4) is 0 Å². The first-order valence-corrected chi connectivity index (χ1v) is 8.95. The quantitative estimate of drug-likeness (QED) is 0.620. The second kappa shape index (κ2) is 9.78. The Labute approximate surface area is 165 Å². The maximum absolute atomic E-state index is 11.7. The highest BCUT2D eigenvalue weighted by Crippen LogP contribution is 2.29. The Morgan fingerprint density at radius 2 is 1.89 bits per heavy atom. The Kier molecular flexibility index (Phi) is 7.43. The van der Waals surface area contributed by atoms with Crippen molar-refractivity contribution in [2.75, 3.05) is 7.11 Å². The first-order chi connectivity index (χ1) is 12.9. The lowest BCUT2D eigenvalue weighted by Gasteiger charge is -2.11. The van der Waals surface area contributed by atoms with E-state index >= 15 is 0 Å². The highest BCUT2D eigenvalue weighted by molar-refractivity contribution is 9.10. The summed E-state index contributed by atoms with van der Waals surface area (Å²) in [6, 6.07) is 12.1. The number of amides is 1. The summed E-state index contributed by atoms with van der Waals surface area (Å²) in [5.41, 5.74) is 1.74. The van der Waals surface area contributed by atoms with Gasteiger partial charge in [0.05, 0.1) is 7.11 Å². The molecule has 2 aromatic rings. The summed E-state index contributed by atoms with van der Waals surface area (Å²) >= 11 is 3.39. The van der Waals surface area contributed by atoms with Gasteiger partial charge in [-0.15, -0.1) is 0 Å². The number of hydrogen-bond acceptors (Lipinski definition) is 4. The van der Waals surface area contributed by atoms with Gasteiger partial charge in [0.2, 0.25) is 5.91 Å². The van der Waals surface area contributed by atoms with Crippen LogP contribution in [0, 0.1) is 0 Å². The lowest BCUT2D eigenvalue weighted by atomic mass is 10.2. The average Bonchev–Trinajstić information content (AvgIpc) is 2.66. The van der Waals surface area contributed by atoms with Gasteiger partial charge in [-0.3, -0.25) is 9.59 Å². The van der Waals surface area contributed by atoms with Crippen LogP contribution >= 0.6 is 15.9 Å². The maximum Gasteiger partial charge on any atom is 0.325 e. The van der Waals surface area contributed by atoms with E-state index in [1.165, 1.54) is 20.1 Å². The number of carboxylic acid groups (broad SMARTS) is 1. The van der Waals surface area contributed by atoms with Crippen molar-refractivity contribution in [3.8, 4) is 11.5 Å². The molecule has 7 heteroatoms. The third-order valence-corrected chi connectivity index (χ3v) is 4.18. The zero-order valence-electron chi connectivity index (χ0n) is 14.9. The average molecular weight is 434 g/mol. The molecule has 2 rings (SSSR count). The van der Waals surface area contributed by atoms with Gasteiger partial charge < -0.3 is 19.9 Å². The lowest BCUT2D eigenvalue weighted by molar-refractivity contribution is -0.140. The molecule has 0 unspecified atom stereocenters. The molecule has 1 atom stereocenters. The van der Waals surface area contributed by atoms with Crippen LogP contribution in [-0.4, -0.2) is 30.1 Å². The van der Waals surface area contributed by atoms with Crippen LogP contribution in [0.25, 0.3) is 6.08 Å². The molecule has 0 radical (unpaired) electrons. The van der Waals surface area contributed by atoms with E-state index in [1.807, 2.05) is 24.3 Å². The number of nitrogens with one attached hydrogen (secondary N) is 1. The van der Waals surface area contributed by atoms with Crippen molar-refractivity contribution in [1.29, 1.82) is 0 Å². The topological polar surface area (TPSA) is 84.9 Å². The molecule has 6 nitrogen and oxygen atoms in total. The molecule has 0 saturated carbocycles. The number of rotatable bonds is 8. The molecule has 142 valence electrons. The number of hydrogen-bond donors (Lipinski definition) is 2. The second-order valence-corrected chi connectivity index (χ2v) is 6.64. The van der Waals surface area contributed by atoms with Gasteiger partial charge in [-0.25, -0.2) is 0 Å². The van der Waals surface area contributed by atoms with Crippen LogP contribution in [0.4, 0.5) is 0 Å². The van der Waals surface area contributed by atoms with E-state index in [-0.39, 0.29) is 0 Å². The number of carboxylic acids is 1. The molecule has 0 aliphatic rings. The van der Waals surface area contributed by atoms with Crippen molar-refractivity contribution in [2.24, 2.45) is 0 Å². The summed E-state index contributed by atoms with van der Waals surface area (Å²) in [5.74, 6) is -0.458. The fourth-order valence-electron chi connectivity index (χ4n) is 2.14. The molecule has 0 heterocycles. The third-order valence-electron chi connectivity index (χ3n) is 3.65. The van der Waals surface area contributed by atoms with E-state index in [0.717, 1.165) is 15.6 Å². The Morgan fingerprint density at radius 3 is 2.52 bits per heavy atom. The van der Waals surface area contributed by atoms with E-state index in [0.29, 0.717) is 18.1 Å². The normalized spacial score (nSPS) is 11.8. The van der Waals surface area contributed by atoms with Crippen molar-refractivity contribution in [2.45, 2.75) is 19.6 Å². The number of benzene rings is 2. The maximum atomic E-state index is 11.7. The van der Waals surface area contributed by atoms with Crippen molar-refractivity contribution >= 4 is 33.9 Å². The van der Waals surface area contributed by atoms with Gasteiger partial charge in [0.15, 0.2) is 11.5 Å². The summed E-state index contributed by atoms with van der Waals surface area (Å²) < 4.78 is 12.2. The first kappa shape index (κ1) is 20.5. The molecule has 0 spiro atoms. The van der Waals surface area contributed by atoms with Crippen molar-refractivity contribution in [1.82, 2.24) is 5.32 Å². The largest absolute Gasteiger partial charge is 0.493 e. The summed E-state index contributed by atoms with van der Waals surface area (Å²) in [7, 11) is 1.54. The van der Waals surface area contributed by atoms with Gasteiger partial charge in [-0.1, -0.05) is 34.1 Å². The Bertz CT molecular complexity index is 833. The zero-order valence-corrected chi connectivity index (χ0v) is 16.5. The predicted octanol–water partition coefficient (Wildman–Crippen LogP) is 3.64. The molecule has 0 aliphatic heterocycles. The molecule has 0 saturated heterocycles. The summed E-state index contributed by atoms with van der Waals surface area (Å²) in [6.45, 7) is 1.79. The van der Waals surface area contributed by atoms with Gasteiger partial charge in [-0.2, -0.15) is 0 Å². The van der Waals surface area contributed by atoms with Gasteiger partial charge >= 0.3 is 5.97 Å². The minimum Gasteiger partial charge on any atom is -0.493 e. The van der Waals surface area contributed by atoms with E-state index in [2.05, 4.69) is 21.2 Å². The van der Waals surface area contributed by atoms with E-state index in [1.54, 1.807) is 24.3 Å². The Balaban J connectivity index is 2.02. The minimum atomic E-state index is -1.09. The molecule has 0 aliphatic carbocycles. The van der Waals surface area contributed by atoms with E-state index in [4.69, 9.17) is 14.6 Å². The highest BCUT2D eigenvalue weighted by atomic mass is 79.9. The summed E-state index contributed by atoms with van der Waals surface area (Å²) in [5, 5.41) is 11.1. The number of ether oxygens (including phenoxy) is 2. The summed E-state index contributed by atoms with van der Waals surface area (Å²) in [4.78, 5) is 22.5. The number of carbonyl (C=O) groups excluding carboxylic acids is 1. The molecule has 2 N–H and O–H groups in total. The Morgan fingerprint density at radius 1 is 1.19 bits per heavy atom. The van der Waals surface area contributed by atoms with Crippen LogP contribution in [0.5, 0.6) is 11.5 Å². The van der Waals surface area contributed by atoms with E-state index < -0.39 is 17.9 Å². The highest BCUT2D eigenvalue weighted by Gasteiger charge is 2.12. The van der Waals surface area contributed by atoms with Gasteiger partial charge in [-0.05, 0) is 48.4 Å². The summed E-state index contributed by atoms with van der Waals surface area (Å²) in [6.07, 6.45) is 2.85. The third kappa shape index (κ3) is 6.45. The standard InChI is InChI=1S/C20H20BrNO5/c1-13(20(24)25)22-19(23)10-6-14-5-9-17(18(11-14)26-2)27-12-15-3-7-16(21)8-4-15/h3-11,13H,12H2,1-2H3,(H,22,23)(H,24,25)/b10-6+/t13-/m1/s1. The van der Waals surface area contributed by atoms with Crippen LogP contribution < -0.4 is 14.8 Å². The van der Waals surface area contributed by atoms with Crippen LogP contribution in [0.15, 0.2) is 53.0 Å². The van der Waals surface area contributed by atoms with Gasteiger partial charge in [0, 0.05) is 10.5 Å². The number of halogens is 1. The minimum absolute atomic E-state index is 0.397. The predicted molar refractivity (Wildman–Crippen MR) is 106 cm³/mol. The van der Waals surface area contributed by atoms with Crippen molar-refractivity contribution in [3.05, 3.63) is 64.1 Å². The van der Waals surface area contributed by atoms with Crippen molar-refractivity contribution in [3.63, 3.8) is 0 Å². The monoisotopic (exact) mass is 433 g/mol. The van der Waals surface area contributed by atoms with Crippen LogP contribution in [0.1, 0.15) is 18.1 Å². The number of carbonyl (C=O) groups is 2. The SMILES string of the molecule is COc1cc(/C=C/C(=O)N[C@H](C)C(=O)O)ccc1OCc1ccc(Br)cc1. The fraction of sp³-hybridized carbons (Fsp3) is 0.200. The number of methoxy groups -OCH3 is 1. The van der Waals surface area contributed by atoms with Crippen molar-refractivity contribution < 1.29 is 24.2 Å². The number of aliphatic carboxylic acids is 1. The fourth-order valence-corrected chi connectivity index (χ4v) is 2.41. The van der Waals surface area contributed by atoms with E-state index in [9.17, 15) is 9.59 Å². The molecule has 27 heavy (non-hydrogen) atoms. The molecule has 1 amide bonds. The molecular formula is C20H20BrNO5. The van der Waals surface area contributed by atoms with Crippen LogP contribution in [-0.2, 0) is 16.2 Å². The lowest BCUT2D eigenvalue weighted by Crippen LogP contribution is -2.37. The van der Waals surface area contributed by atoms with Gasteiger partial charge in [0.25, 0.3) is 0 Å². The first-order valence-electron chi connectivity index (χ1n) is 8.15. The molecule has 0 fully saturated rings. The zero-order chi connectivity index (χ0) is 19.8. The molecular weight excluding hydrogens is 414 g/mol.